The number of benzene rings is 3. The van der Waals surface area contributed by atoms with Gasteiger partial charge < -0.3 is 14.3 Å². The number of aliphatic imine (C=N–C) groups is 1. The van der Waals surface area contributed by atoms with Gasteiger partial charge in [-0.25, -0.2) is 0 Å². The van der Waals surface area contributed by atoms with E-state index in [1.54, 1.807) is 14.2 Å². The SMILES string of the molecule is COc1cc2c(cc1OC)[C@H]1CCCC[C@H]1N=C2c1ccc(C(C)=NOCc2ccc(Cl)cc2)cc1. The van der Waals surface area contributed by atoms with Crippen LogP contribution in [0.1, 0.15) is 66.3 Å². The third-order valence-corrected chi connectivity index (χ3v) is 7.41. The maximum atomic E-state index is 5.95. The van der Waals surface area contributed by atoms with E-state index in [9.17, 15) is 0 Å². The zero-order chi connectivity index (χ0) is 25.1. The molecule has 2 atom stereocenters. The van der Waals surface area contributed by atoms with E-state index in [1.165, 1.54) is 18.4 Å². The van der Waals surface area contributed by atoms with Crippen molar-refractivity contribution in [3.05, 3.63) is 93.5 Å². The van der Waals surface area contributed by atoms with Crippen molar-refractivity contribution >= 4 is 23.0 Å². The number of methoxy groups -OCH3 is 2. The number of hydrogen-bond acceptors (Lipinski definition) is 5. The molecular weight excluding hydrogens is 472 g/mol. The second-order valence-corrected chi connectivity index (χ2v) is 9.82. The van der Waals surface area contributed by atoms with Gasteiger partial charge in [-0.1, -0.05) is 66.0 Å². The van der Waals surface area contributed by atoms with Crippen molar-refractivity contribution in [1.29, 1.82) is 0 Å². The molecule has 0 spiro atoms. The predicted octanol–water partition coefficient (Wildman–Crippen LogP) is 7.18. The van der Waals surface area contributed by atoms with E-state index in [0.29, 0.717) is 23.6 Å². The van der Waals surface area contributed by atoms with Crippen molar-refractivity contribution in [1.82, 2.24) is 0 Å². The number of oxime groups is 1. The Bertz CT molecular complexity index is 1280. The molecule has 0 bridgehead atoms. The Hall–Kier alpha value is -3.31. The van der Waals surface area contributed by atoms with Crippen LogP contribution in [0.3, 0.4) is 0 Å². The first-order chi connectivity index (χ1) is 17.6. The van der Waals surface area contributed by atoms with Gasteiger partial charge in [0.25, 0.3) is 0 Å². The maximum absolute atomic E-state index is 5.95. The molecular formula is C30H31ClN2O3. The zero-order valence-corrected chi connectivity index (χ0v) is 21.7. The van der Waals surface area contributed by atoms with Crippen LogP contribution in [0.15, 0.2) is 70.8 Å². The average Bonchev–Trinajstić information content (AvgIpc) is 2.93. The molecule has 1 fully saturated rings. The molecule has 0 amide bonds. The minimum atomic E-state index is 0.309. The fourth-order valence-electron chi connectivity index (χ4n) is 5.21. The number of halogens is 1. The molecule has 36 heavy (non-hydrogen) atoms. The van der Waals surface area contributed by atoms with Gasteiger partial charge in [-0.05, 0) is 60.7 Å². The zero-order valence-electron chi connectivity index (χ0n) is 21.0. The summed E-state index contributed by atoms with van der Waals surface area (Å²) in [6.07, 6.45) is 4.75. The standard InChI is InChI=1S/C30H31ClN2O3/c1-19(33-36-18-20-8-14-23(31)15-9-20)21-10-12-22(13-11-21)30-26-17-29(35-3)28(34-2)16-25(26)24-6-4-5-7-27(24)32-30/h8-17,24,27H,4-7,18H2,1-3H3/t24-,27-/m1/s1. The van der Waals surface area contributed by atoms with E-state index < -0.39 is 0 Å². The first-order valence-corrected chi connectivity index (χ1v) is 12.8. The summed E-state index contributed by atoms with van der Waals surface area (Å²) < 4.78 is 11.3. The van der Waals surface area contributed by atoms with Crippen LogP contribution >= 0.6 is 11.6 Å². The lowest BCUT2D eigenvalue weighted by Gasteiger charge is -2.35. The van der Waals surface area contributed by atoms with E-state index in [0.717, 1.165) is 58.0 Å². The quantitative estimate of drug-likeness (QED) is 0.254. The molecule has 5 nitrogen and oxygen atoms in total. The van der Waals surface area contributed by atoms with Crippen molar-refractivity contribution in [3.8, 4) is 11.5 Å². The molecule has 186 valence electrons. The van der Waals surface area contributed by atoms with Crippen molar-refractivity contribution in [2.45, 2.75) is 51.2 Å². The average molecular weight is 503 g/mol. The second kappa shape index (κ2) is 10.8. The lowest BCUT2D eigenvalue weighted by atomic mass is 9.75. The molecule has 1 aliphatic carbocycles. The first kappa shape index (κ1) is 24.4. The fraction of sp³-hybridized carbons (Fsp3) is 0.333. The highest BCUT2D eigenvalue weighted by atomic mass is 35.5. The van der Waals surface area contributed by atoms with Gasteiger partial charge in [-0.2, -0.15) is 0 Å². The smallest absolute Gasteiger partial charge is 0.161 e. The Morgan fingerprint density at radius 1 is 0.944 bits per heavy atom. The number of rotatable bonds is 7. The molecule has 3 aromatic carbocycles. The number of nitrogens with zero attached hydrogens (tertiary/aromatic N) is 2. The molecule has 0 N–H and O–H groups in total. The summed E-state index contributed by atoms with van der Waals surface area (Å²) in [5, 5.41) is 5.02. The van der Waals surface area contributed by atoms with E-state index >= 15 is 0 Å². The van der Waals surface area contributed by atoms with Crippen LogP contribution in [0.25, 0.3) is 0 Å². The van der Waals surface area contributed by atoms with Crippen LogP contribution < -0.4 is 9.47 Å². The Kier molecular flexibility index (Phi) is 7.28. The summed E-state index contributed by atoms with van der Waals surface area (Å²) >= 11 is 5.95. The van der Waals surface area contributed by atoms with Gasteiger partial charge in [0.2, 0.25) is 0 Å². The number of hydrogen-bond donors (Lipinski definition) is 0. The second-order valence-electron chi connectivity index (χ2n) is 9.38. The Morgan fingerprint density at radius 2 is 1.64 bits per heavy atom. The molecule has 1 aliphatic heterocycles. The predicted molar refractivity (Wildman–Crippen MR) is 145 cm³/mol. The molecule has 6 heteroatoms. The van der Waals surface area contributed by atoms with Gasteiger partial charge in [-0.3, -0.25) is 4.99 Å². The lowest BCUT2D eigenvalue weighted by molar-refractivity contribution is 0.130. The normalized spacial score (nSPS) is 19.1. The van der Waals surface area contributed by atoms with Gasteiger partial charge in [0, 0.05) is 22.1 Å². The van der Waals surface area contributed by atoms with Gasteiger partial charge in [0.05, 0.1) is 31.7 Å². The van der Waals surface area contributed by atoms with Gasteiger partial charge in [0.1, 0.15) is 6.61 Å². The molecule has 5 rings (SSSR count). The highest BCUT2D eigenvalue weighted by molar-refractivity contribution is 6.30. The van der Waals surface area contributed by atoms with Gasteiger partial charge in [-0.15, -0.1) is 0 Å². The summed E-state index contributed by atoms with van der Waals surface area (Å²) in [6, 6.07) is 20.5. The van der Waals surface area contributed by atoms with Gasteiger partial charge >= 0.3 is 0 Å². The van der Waals surface area contributed by atoms with Crippen molar-refractivity contribution in [2.24, 2.45) is 10.1 Å². The highest BCUT2D eigenvalue weighted by Crippen LogP contribution is 2.44. The molecule has 1 heterocycles. The van der Waals surface area contributed by atoms with Crippen molar-refractivity contribution < 1.29 is 14.3 Å². The molecule has 0 radical (unpaired) electrons. The largest absolute Gasteiger partial charge is 0.493 e. The summed E-state index contributed by atoms with van der Waals surface area (Å²) in [5.74, 6) is 1.95. The van der Waals surface area contributed by atoms with E-state index in [1.807, 2.05) is 31.2 Å². The Balaban J connectivity index is 1.40. The molecule has 0 saturated heterocycles. The van der Waals surface area contributed by atoms with Crippen LogP contribution in [0, 0.1) is 0 Å². The topological polar surface area (TPSA) is 52.4 Å². The fourth-order valence-corrected chi connectivity index (χ4v) is 5.33. The Morgan fingerprint density at radius 3 is 2.36 bits per heavy atom. The molecule has 0 unspecified atom stereocenters. The monoisotopic (exact) mass is 502 g/mol. The Labute approximate surface area is 217 Å². The van der Waals surface area contributed by atoms with E-state index in [2.05, 4.69) is 41.6 Å². The molecule has 3 aromatic rings. The third-order valence-electron chi connectivity index (χ3n) is 7.16. The summed E-state index contributed by atoms with van der Waals surface area (Å²) in [4.78, 5) is 10.8. The van der Waals surface area contributed by atoms with Crippen LogP contribution in [-0.4, -0.2) is 31.7 Å². The maximum Gasteiger partial charge on any atom is 0.161 e. The minimum absolute atomic E-state index is 0.309. The first-order valence-electron chi connectivity index (χ1n) is 12.4. The van der Waals surface area contributed by atoms with E-state index in [-0.39, 0.29) is 0 Å². The van der Waals surface area contributed by atoms with Crippen molar-refractivity contribution in [3.63, 3.8) is 0 Å². The third kappa shape index (κ3) is 4.98. The molecule has 1 saturated carbocycles. The molecule has 0 aromatic heterocycles. The summed E-state index contributed by atoms with van der Waals surface area (Å²) in [6.45, 7) is 2.35. The summed E-state index contributed by atoms with van der Waals surface area (Å²) in [5.41, 5.74) is 7.42. The summed E-state index contributed by atoms with van der Waals surface area (Å²) in [7, 11) is 3.38. The van der Waals surface area contributed by atoms with Crippen LogP contribution in [0.4, 0.5) is 0 Å². The number of fused-ring (bicyclic) bond motifs is 3. The van der Waals surface area contributed by atoms with Crippen LogP contribution in [0.2, 0.25) is 5.02 Å². The number of ether oxygens (including phenoxy) is 2. The van der Waals surface area contributed by atoms with E-state index in [4.69, 9.17) is 30.9 Å². The van der Waals surface area contributed by atoms with Crippen LogP contribution in [-0.2, 0) is 11.4 Å². The van der Waals surface area contributed by atoms with Crippen molar-refractivity contribution in [2.75, 3.05) is 14.2 Å². The molecule has 2 aliphatic rings. The van der Waals surface area contributed by atoms with Gasteiger partial charge in [0.15, 0.2) is 11.5 Å². The lowest BCUT2D eigenvalue weighted by Crippen LogP contribution is -2.29. The van der Waals surface area contributed by atoms with Crippen LogP contribution in [0.5, 0.6) is 11.5 Å². The highest BCUT2D eigenvalue weighted by Gasteiger charge is 2.34. The minimum Gasteiger partial charge on any atom is -0.493 e.